The number of esters is 1. The first-order chi connectivity index (χ1) is 20.2. The summed E-state index contributed by atoms with van der Waals surface area (Å²) in [5, 5.41) is 18.0. The number of carbonyl (C=O) groups excluding carboxylic acids is 2. The third-order valence-corrected chi connectivity index (χ3v) is 8.60. The molecule has 6 rings (SSSR count). The van der Waals surface area contributed by atoms with Gasteiger partial charge in [0.05, 0.1) is 23.6 Å². The Morgan fingerprint density at radius 2 is 2.05 bits per heavy atom. The normalized spacial score (nSPS) is 18.3. The van der Waals surface area contributed by atoms with Crippen LogP contribution in [0.1, 0.15) is 77.6 Å². The van der Waals surface area contributed by atoms with E-state index in [1.165, 1.54) is 11.1 Å². The number of hydrogen-bond acceptors (Lipinski definition) is 8. The molecule has 2 heterocycles. The summed E-state index contributed by atoms with van der Waals surface area (Å²) in [4.78, 5) is 26.1. The molecule has 2 unspecified atom stereocenters. The van der Waals surface area contributed by atoms with E-state index in [2.05, 4.69) is 53.3 Å². The van der Waals surface area contributed by atoms with Gasteiger partial charge >= 0.3 is 12.4 Å². The minimum absolute atomic E-state index is 0.0176. The van der Waals surface area contributed by atoms with Gasteiger partial charge in [0, 0.05) is 37.7 Å². The summed E-state index contributed by atoms with van der Waals surface area (Å²) in [6.07, 6.45) is 1.93. The van der Waals surface area contributed by atoms with Crippen molar-refractivity contribution in [3.8, 4) is 11.8 Å². The second kappa shape index (κ2) is 10.7. The average molecular weight is 564 g/mol. The van der Waals surface area contributed by atoms with E-state index >= 15 is 0 Å². The number of aryl methyl sites for hydroxylation is 3. The first kappa shape index (κ1) is 27.6. The number of rotatable bonds is 6. The number of fused-ring (bicyclic) bond motifs is 3. The largest absolute Gasteiger partial charge is 0.486 e. The summed E-state index contributed by atoms with van der Waals surface area (Å²) in [5.41, 5.74) is 8.27. The second-order valence-electron chi connectivity index (χ2n) is 11.9. The SMILES string of the molecule is Cc1c(C(CC(=O)OC=O)c2ccc3c(c2)C(N2Cc4cc(C#N)ccc4OC(C)(C)C2)CC3)ccc2c1nnn2C. The second-order valence-corrected chi connectivity index (χ2v) is 11.9. The summed E-state index contributed by atoms with van der Waals surface area (Å²) in [7, 11) is 1.85. The molecule has 9 heteroatoms. The maximum Gasteiger partial charge on any atom is 0.314 e. The van der Waals surface area contributed by atoms with Gasteiger partial charge in [0.15, 0.2) is 0 Å². The van der Waals surface area contributed by atoms with E-state index in [4.69, 9.17) is 9.47 Å². The highest BCUT2D eigenvalue weighted by Crippen LogP contribution is 2.43. The maximum atomic E-state index is 12.7. The zero-order chi connectivity index (χ0) is 29.6. The van der Waals surface area contributed by atoms with Crippen molar-refractivity contribution in [3.63, 3.8) is 0 Å². The quantitative estimate of drug-likeness (QED) is 0.183. The summed E-state index contributed by atoms with van der Waals surface area (Å²) in [5.74, 6) is -0.0997. The van der Waals surface area contributed by atoms with Crippen LogP contribution in [0.15, 0.2) is 48.5 Å². The van der Waals surface area contributed by atoms with Gasteiger partial charge in [0.2, 0.25) is 0 Å². The molecule has 0 fully saturated rings. The van der Waals surface area contributed by atoms with Gasteiger partial charge in [0.25, 0.3) is 0 Å². The number of benzene rings is 3. The highest BCUT2D eigenvalue weighted by atomic mass is 16.6. The molecule has 1 aromatic heterocycles. The molecular weight excluding hydrogens is 530 g/mol. The zero-order valence-electron chi connectivity index (χ0n) is 24.3. The van der Waals surface area contributed by atoms with Crippen LogP contribution in [0.25, 0.3) is 11.0 Å². The molecule has 9 nitrogen and oxygen atoms in total. The topological polar surface area (TPSA) is 110 Å². The van der Waals surface area contributed by atoms with E-state index in [9.17, 15) is 14.9 Å². The molecule has 4 aromatic rings. The third-order valence-electron chi connectivity index (χ3n) is 8.60. The lowest BCUT2D eigenvalue weighted by atomic mass is 9.84. The van der Waals surface area contributed by atoms with Gasteiger partial charge in [0.1, 0.15) is 16.9 Å². The Bertz CT molecular complexity index is 1750. The molecule has 0 saturated carbocycles. The number of hydrogen-bond donors (Lipinski definition) is 0. The molecule has 1 aliphatic heterocycles. The summed E-state index contributed by atoms with van der Waals surface area (Å²) in [6, 6.07) is 18.5. The maximum absolute atomic E-state index is 12.7. The predicted molar refractivity (Wildman–Crippen MR) is 156 cm³/mol. The molecule has 0 bridgehead atoms. The Labute approximate surface area is 244 Å². The fourth-order valence-electron chi connectivity index (χ4n) is 6.68. The van der Waals surface area contributed by atoms with Crippen molar-refractivity contribution in [1.29, 1.82) is 5.26 Å². The molecule has 2 aliphatic rings. The highest BCUT2D eigenvalue weighted by Gasteiger charge is 2.36. The van der Waals surface area contributed by atoms with Crippen LogP contribution in [-0.2, 0) is 34.3 Å². The molecule has 0 radical (unpaired) electrons. The fraction of sp³-hybridized carbons (Fsp3) is 0.364. The number of aromatic nitrogens is 3. The Morgan fingerprint density at radius 3 is 2.83 bits per heavy atom. The number of ether oxygens (including phenoxy) is 2. The number of nitriles is 1. The molecule has 42 heavy (non-hydrogen) atoms. The minimum Gasteiger partial charge on any atom is -0.486 e. The fourth-order valence-corrected chi connectivity index (χ4v) is 6.68. The Morgan fingerprint density at radius 1 is 1.21 bits per heavy atom. The number of carbonyl (C=O) groups is 2. The molecule has 0 amide bonds. The lowest BCUT2D eigenvalue weighted by molar-refractivity contribution is -0.151. The van der Waals surface area contributed by atoms with Crippen molar-refractivity contribution < 1.29 is 19.1 Å². The van der Waals surface area contributed by atoms with Gasteiger partial charge in [-0.25, -0.2) is 4.68 Å². The van der Waals surface area contributed by atoms with Crippen LogP contribution >= 0.6 is 0 Å². The minimum atomic E-state index is -0.581. The summed E-state index contributed by atoms with van der Waals surface area (Å²) < 4.78 is 12.9. The highest BCUT2D eigenvalue weighted by molar-refractivity contribution is 5.81. The van der Waals surface area contributed by atoms with Crippen LogP contribution in [0.3, 0.4) is 0 Å². The van der Waals surface area contributed by atoms with Crippen LogP contribution in [0.2, 0.25) is 0 Å². The molecule has 214 valence electrons. The number of nitrogens with zero attached hydrogens (tertiary/aromatic N) is 5. The van der Waals surface area contributed by atoms with Crippen molar-refractivity contribution >= 4 is 23.5 Å². The lowest BCUT2D eigenvalue weighted by Gasteiger charge is -2.34. The van der Waals surface area contributed by atoms with Crippen molar-refractivity contribution in [2.45, 2.75) is 64.1 Å². The Hall–Kier alpha value is -4.55. The van der Waals surface area contributed by atoms with Crippen molar-refractivity contribution in [2.24, 2.45) is 7.05 Å². The van der Waals surface area contributed by atoms with Gasteiger partial charge in [-0.05, 0) is 85.7 Å². The van der Waals surface area contributed by atoms with Gasteiger partial charge < -0.3 is 9.47 Å². The molecular formula is C33H33N5O4. The summed E-state index contributed by atoms with van der Waals surface area (Å²) in [6.45, 7) is 7.76. The van der Waals surface area contributed by atoms with Crippen molar-refractivity contribution in [1.82, 2.24) is 19.9 Å². The molecule has 0 spiro atoms. The smallest absolute Gasteiger partial charge is 0.314 e. The predicted octanol–water partition coefficient (Wildman–Crippen LogP) is 5.03. The Balaban J connectivity index is 1.40. The van der Waals surface area contributed by atoms with Crippen LogP contribution in [0, 0.1) is 18.3 Å². The first-order valence-electron chi connectivity index (χ1n) is 14.2. The van der Waals surface area contributed by atoms with E-state index in [1.807, 2.05) is 38.2 Å². The van der Waals surface area contributed by atoms with Crippen LogP contribution in [0.4, 0.5) is 0 Å². The van der Waals surface area contributed by atoms with E-state index in [-0.39, 0.29) is 24.9 Å². The molecule has 0 N–H and O–H groups in total. The molecule has 0 saturated heterocycles. The monoisotopic (exact) mass is 563 g/mol. The average Bonchev–Trinajstić information content (AvgIpc) is 3.52. The zero-order valence-corrected chi connectivity index (χ0v) is 24.3. The standard InChI is InChI=1S/C33H33N5O4/c1-20-25(9-11-29-32(20)35-36-37(29)4)26(15-31(40)41-19-39)23-7-6-22-8-10-28(27(22)14-23)38-17-24-13-21(16-34)5-12-30(24)42-33(2,3)18-38/h5-7,9,11-14,19,26,28H,8,10,15,17-18H2,1-4H3. The lowest BCUT2D eigenvalue weighted by Crippen LogP contribution is -2.41. The van der Waals surface area contributed by atoms with Crippen LogP contribution in [-0.4, -0.2) is 44.5 Å². The van der Waals surface area contributed by atoms with Gasteiger partial charge in [-0.2, -0.15) is 5.26 Å². The van der Waals surface area contributed by atoms with Crippen LogP contribution < -0.4 is 4.74 Å². The van der Waals surface area contributed by atoms with E-state index in [0.717, 1.165) is 58.4 Å². The first-order valence-corrected chi connectivity index (χ1v) is 14.2. The third kappa shape index (κ3) is 5.03. The van der Waals surface area contributed by atoms with E-state index in [0.29, 0.717) is 12.1 Å². The van der Waals surface area contributed by atoms with E-state index in [1.54, 1.807) is 10.7 Å². The van der Waals surface area contributed by atoms with Crippen LogP contribution in [0.5, 0.6) is 5.75 Å². The van der Waals surface area contributed by atoms with Crippen molar-refractivity contribution in [2.75, 3.05) is 6.54 Å². The molecule has 1 aliphatic carbocycles. The summed E-state index contributed by atoms with van der Waals surface area (Å²) >= 11 is 0. The van der Waals surface area contributed by atoms with E-state index < -0.39 is 11.6 Å². The molecule has 2 atom stereocenters. The van der Waals surface area contributed by atoms with Gasteiger partial charge in [-0.1, -0.05) is 29.5 Å². The van der Waals surface area contributed by atoms with Gasteiger partial charge in [-0.15, -0.1) is 5.10 Å². The Kier molecular flexibility index (Phi) is 7.03. The molecule has 3 aromatic carbocycles. The van der Waals surface area contributed by atoms with Crippen molar-refractivity contribution in [3.05, 3.63) is 87.5 Å². The van der Waals surface area contributed by atoms with Gasteiger partial charge in [-0.3, -0.25) is 14.5 Å².